The molecule has 6 aromatic rings. The Morgan fingerprint density at radius 3 is 1.40 bits per heavy atom. The van der Waals surface area contributed by atoms with Crippen LogP contribution in [0, 0.1) is 52.3 Å². The lowest BCUT2D eigenvalue weighted by Gasteiger charge is -2.34. The van der Waals surface area contributed by atoms with E-state index in [9.17, 15) is 1.37 Å². The molecule has 0 aliphatic heterocycles. The molecule has 356 valence electrons. The molecule has 5 aliphatic carbocycles. The van der Waals surface area contributed by atoms with Crippen molar-refractivity contribution in [3.05, 3.63) is 158 Å². The Kier molecular flexibility index (Phi) is 10.2. The molecule has 68 heavy (non-hydrogen) atoms. The van der Waals surface area contributed by atoms with Crippen molar-refractivity contribution < 1.29 is 19.2 Å². The van der Waals surface area contributed by atoms with E-state index in [-0.39, 0.29) is 21.7 Å². The van der Waals surface area contributed by atoms with Crippen LogP contribution < -0.4 is 13.7 Å². The standard InChI is InChI=1S/2C22H28N.C21H28N/c2*1-14-7-8-16(15(2)11-14)20-12-17-18-9-10-22(5,21(18,3)4)19(17)13-23(20)6;1-14-8-9-16(15(2)10-14)19-11-17-18(12-22(19)7)21(5,6)13-20(17,3)4/h2*7-8,11-13,18H,9-10H2,1-6H3;8-12H,13H2,1-7H3/q3*+1/i1D3,18D;;. The van der Waals surface area contributed by atoms with Gasteiger partial charge in [0.1, 0.15) is 21.1 Å². The highest BCUT2D eigenvalue weighted by Crippen LogP contribution is 2.69. The lowest BCUT2D eigenvalue weighted by Crippen LogP contribution is -2.36. The summed E-state index contributed by atoms with van der Waals surface area (Å²) in [6, 6.07) is 26.0. The van der Waals surface area contributed by atoms with Gasteiger partial charge in [0.15, 0.2) is 18.6 Å². The Hall–Kier alpha value is -4.89. The van der Waals surface area contributed by atoms with E-state index in [4.69, 9.17) is 4.11 Å². The van der Waals surface area contributed by atoms with Gasteiger partial charge in [0.05, 0.1) is 0 Å². The maximum Gasteiger partial charge on any atom is 0.212 e. The molecule has 0 saturated heterocycles. The maximum atomic E-state index is 9.30. The van der Waals surface area contributed by atoms with E-state index in [1.54, 1.807) is 23.3 Å². The third-order valence-corrected chi connectivity index (χ3v) is 19.1. The van der Waals surface area contributed by atoms with Gasteiger partial charge < -0.3 is 0 Å². The zero-order valence-corrected chi connectivity index (χ0v) is 45.1. The SMILES string of the molecule is Cc1ccc(-c2cc3c(c[n+]2C)C(C)(C)CC3(C)C)c(C)c1.Cc1ccc(-c2cc3c(c[n+]2C)C2(C)CCC3C2(C)C)c(C)c1.[2H]C([2H])([2H])c1ccc(-c2cc3c(c[n+]2C)C2(C)CCC3([2H])C2(C)C)c(C)c1. The molecule has 3 aromatic carbocycles. The molecule has 0 spiro atoms. The predicted octanol–water partition coefficient (Wildman–Crippen LogP) is 14.7. The molecule has 0 radical (unpaired) electrons. The van der Waals surface area contributed by atoms with Crippen molar-refractivity contribution in [1.29, 1.82) is 0 Å². The monoisotopic (exact) mass is 911 g/mol. The van der Waals surface area contributed by atoms with Gasteiger partial charge >= 0.3 is 0 Å². The van der Waals surface area contributed by atoms with Crippen LogP contribution in [0.15, 0.2) is 91.4 Å². The highest BCUT2D eigenvalue weighted by Gasteiger charge is 2.62. The van der Waals surface area contributed by atoms with Crippen molar-refractivity contribution >= 4 is 0 Å². The fraction of sp³-hybridized carbons (Fsp3) is 0.492. The summed E-state index contributed by atoms with van der Waals surface area (Å²) in [5.41, 5.74) is 24.0. The summed E-state index contributed by atoms with van der Waals surface area (Å²) in [7, 11) is 6.43. The topological polar surface area (TPSA) is 11.6 Å². The van der Waals surface area contributed by atoms with Gasteiger partial charge in [-0.25, -0.2) is 13.7 Å². The van der Waals surface area contributed by atoms with Gasteiger partial charge in [0.2, 0.25) is 17.1 Å². The van der Waals surface area contributed by atoms with E-state index in [2.05, 4.69) is 198 Å². The molecular weight excluding hydrogens is 823 g/mol. The fourth-order valence-corrected chi connectivity index (χ4v) is 14.6. The smallest absolute Gasteiger partial charge is 0.201 e. The van der Waals surface area contributed by atoms with Crippen LogP contribution in [-0.2, 0) is 42.8 Å². The molecule has 5 aliphatic rings. The third-order valence-electron chi connectivity index (χ3n) is 19.1. The Morgan fingerprint density at radius 1 is 0.471 bits per heavy atom. The van der Waals surface area contributed by atoms with Crippen molar-refractivity contribution in [2.24, 2.45) is 32.0 Å². The first-order valence-electron chi connectivity index (χ1n) is 27.6. The number of rotatable bonds is 3. The highest BCUT2D eigenvalue weighted by atomic mass is 14.9. The van der Waals surface area contributed by atoms with E-state index < -0.39 is 12.7 Å². The first-order chi connectivity index (χ1) is 33.2. The van der Waals surface area contributed by atoms with Gasteiger partial charge in [-0.05, 0) is 159 Å². The van der Waals surface area contributed by atoms with Crippen molar-refractivity contribution in [2.45, 2.75) is 176 Å². The number of pyridine rings is 3. The van der Waals surface area contributed by atoms with Gasteiger partial charge in [-0.3, -0.25) is 0 Å². The lowest BCUT2D eigenvalue weighted by atomic mass is 9.69. The Bertz CT molecular complexity index is 3210. The van der Waals surface area contributed by atoms with Crippen LogP contribution in [0.25, 0.3) is 33.8 Å². The van der Waals surface area contributed by atoms with Crippen molar-refractivity contribution in [3.63, 3.8) is 0 Å². The second kappa shape index (κ2) is 16.1. The number of aromatic nitrogens is 3. The summed E-state index contributed by atoms with van der Waals surface area (Å²) >= 11 is 0. The number of benzene rings is 3. The average Bonchev–Trinajstić information content (AvgIpc) is 3.80. The van der Waals surface area contributed by atoms with Crippen LogP contribution in [0.3, 0.4) is 0 Å². The van der Waals surface area contributed by atoms with E-state index in [1.807, 2.05) is 20.0 Å². The molecule has 4 atom stereocenters. The summed E-state index contributed by atoms with van der Waals surface area (Å²) in [5, 5.41) is 0. The van der Waals surface area contributed by atoms with Crippen LogP contribution in [-0.4, -0.2) is 0 Å². The van der Waals surface area contributed by atoms with Gasteiger partial charge in [0.25, 0.3) is 0 Å². The van der Waals surface area contributed by atoms with Gasteiger partial charge in [0, 0.05) is 67.9 Å². The molecule has 2 fully saturated rings. The summed E-state index contributed by atoms with van der Waals surface area (Å²) in [6.45, 7) is 32.4. The minimum absolute atomic E-state index is 0.0283. The molecule has 0 amide bonds. The number of nitrogens with zero attached hydrogens (tertiary/aromatic N) is 3. The van der Waals surface area contributed by atoms with Gasteiger partial charge in [-0.2, -0.15) is 0 Å². The normalized spacial score (nSPS) is 26.5. The second-order valence-corrected chi connectivity index (χ2v) is 25.0. The first-order valence-corrected chi connectivity index (χ1v) is 25.6. The molecule has 4 unspecified atom stereocenters. The van der Waals surface area contributed by atoms with Gasteiger partial charge in [-0.15, -0.1) is 0 Å². The van der Waals surface area contributed by atoms with Crippen molar-refractivity contribution in [2.75, 3.05) is 0 Å². The van der Waals surface area contributed by atoms with Crippen LogP contribution in [0.5, 0.6) is 0 Å². The highest BCUT2D eigenvalue weighted by molar-refractivity contribution is 5.66. The molecule has 2 saturated carbocycles. The minimum Gasteiger partial charge on any atom is -0.201 e. The summed E-state index contributed by atoms with van der Waals surface area (Å²) in [5.74, 6) is 0.153. The number of aryl methyl sites for hydroxylation is 9. The van der Waals surface area contributed by atoms with E-state index in [1.165, 1.54) is 80.7 Å². The summed E-state index contributed by atoms with van der Waals surface area (Å²) < 4.78 is 39.0. The Balaban J connectivity index is 0.000000134. The molecule has 3 aromatic heterocycles. The zero-order chi connectivity index (χ0) is 52.8. The van der Waals surface area contributed by atoms with E-state index in [0.29, 0.717) is 22.3 Å². The Labute approximate surface area is 417 Å². The second-order valence-electron chi connectivity index (χ2n) is 25.0. The molecule has 0 N–H and O–H groups in total. The number of hydrogen-bond acceptors (Lipinski definition) is 0. The van der Waals surface area contributed by atoms with Crippen molar-refractivity contribution in [1.82, 2.24) is 0 Å². The minimum atomic E-state index is -2.09. The number of hydrogen-bond donors (Lipinski definition) is 0. The third kappa shape index (κ3) is 7.28. The molecule has 3 nitrogen and oxygen atoms in total. The van der Waals surface area contributed by atoms with E-state index >= 15 is 0 Å². The molecule has 3 heterocycles. The van der Waals surface area contributed by atoms with Crippen LogP contribution in [0.4, 0.5) is 0 Å². The predicted molar refractivity (Wildman–Crippen MR) is 284 cm³/mol. The molecule has 4 bridgehead atoms. The zero-order valence-electron chi connectivity index (χ0n) is 49.1. The summed E-state index contributed by atoms with van der Waals surface area (Å²) in [4.78, 5) is 0. The van der Waals surface area contributed by atoms with Gasteiger partial charge in [-0.1, -0.05) is 122 Å². The van der Waals surface area contributed by atoms with E-state index in [0.717, 1.165) is 35.2 Å². The first kappa shape index (κ1) is 43.2. The fourth-order valence-electron chi connectivity index (χ4n) is 14.6. The molecular formula is C65H84N3+3. The largest absolute Gasteiger partial charge is 0.212 e. The number of fused-ring (bicyclic) bond motifs is 11. The lowest BCUT2D eigenvalue weighted by molar-refractivity contribution is -0.661. The van der Waals surface area contributed by atoms with Crippen LogP contribution >= 0.6 is 0 Å². The Morgan fingerprint density at radius 2 is 0.882 bits per heavy atom. The summed E-state index contributed by atoms with van der Waals surface area (Å²) in [6.07, 6.45) is 12.8. The maximum absolute atomic E-state index is 9.30. The van der Waals surface area contributed by atoms with Crippen LogP contribution in [0.2, 0.25) is 0 Å². The molecule has 3 heteroatoms. The van der Waals surface area contributed by atoms with Crippen LogP contribution in [0.1, 0.15) is 185 Å². The quantitative estimate of drug-likeness (QED) is 0.157. The molecule has 11 rings (SSSR count). The average molecular weight is 911 g/mol. The van der Waals surface area contributed by atoms with Crippen molar-refractivity contribution in [3.8, 4) is 33.8 Å².